The number of aliphatic carboxylic acids is 1. The molecule has 22 heavy (non-hydrogen) atoms. The van der Waals surface area contributed by atoms with Crippen molar-refractivity contribution in [1.82, 2.24) is 9.47 Å². The van der Waals surface area contributed by atoms with E-state index >= 15 is 0 Å². The van der Waals surface area contributed by atoms with Gasteiger partial charge in [0.15, 0.2) is 5.75 Å². The number of rotatable bonds is 5. The highest BCUT2D eigenvalue weighted by Crippen LogP contribution is 2.34. The smallest absolute Gasteiger partial charge is 0.317 e. The maximum atomic E-state index is 11.8. The molecule has 1 aliphatic rings. The molecule has 1 aromatic rings. The Hall–Kier alpha value is -1.82. The Morgan fingerprint density at radius 1 is 1.41 bits per heavy atom. The molecule has 6 nitrogen and oxygen atoms in total. The molecular weight excluding hydrogens is 284 g/mol. The van der Waals surface area contributed by atoms with Crippen LogP contribution in [-0.2, 0) is 11.3 Å². The van der Waals surface area contributed by atoms with Crippen molar-refractivity contribution in [3.63, 3.8) is 0 Å². The van der Waals surface area contributed by atoms with Gasteiger partial charge in [-0.25, -0.2) is 0 Å². The van der Waals surface area contributed by atoms with Gasteiger partial charge in [-0.1, -0.05) is 19.8 Å². The van der Waals surface area contributed by atoms with Gasteiger partial charge in [-0.3, -0.25) is 14.5 Å². The zero-order chi connectivity index (χ0) is 16.3. The first-order valence-electron chi connectivity index (χ1n) is 7.73. The summed E-state index contributed by atoms with van der Waals surface area (Å²) >= 11 is 0. The van der Waals surface area contributed by atoms with Gasteiger partial charge in [-0.15, -0.1) is 0 Å². The van der Waals surface area contributed by atoms with Crippen molar-refractivity contribution in [3.05, 3.63) is 28.2 Å². The van der Waals surface area contributed by atoms with Crippen LogP contribution in [0, 0.1) is 5.92 Å². The lowest BCUT2D eigenvalue weighted by Gasteiger charge is -2.33. The summed E-state index contributed by atoms with van der Waals surface area (Å²) in [5.74, 6) is -0.678. The molecule has 0 spiro atoms. The highest BCUT2D eigenvalue weighted by atomic mass is 16.4. The summed E-state index contributed by atoms with van der Waals surface area (Å²) in [6.45, 7) is 2.46. The standard InChI is InChI=1S/C16H24N2O4/c1-11-5-3-4-6-13(11)18-9-15(20)14(19)7-12(18)8-17(2)10-16(21)22/h7,9,11,13,20H,3-6,8,10H2,1-2H3,(H,21,22). The van der Waals surface area contributed by atoms with Crippen LogP contribution in [0.15, 0.2) is 17.1 Å². The summed E-state index contributed by atoms with van der Waals surface area (Å²) in [6, 6.07) is 1.67. The van der Waals surface area contributed by atoms with Crippen LogP contribution in [0.2, 0.25) is 0 Å². The molecule has 0 radical (unpaired) electrons. The van der Waals surface area contributed by atoms with Crippen molar-refractivity contribution >= 4 is 5.97 Å². The highest BCUT2D eigenvalue weighted by Gasteiger charge is 2.25. The fourth-order valence-electron chi connectivity index (χ4n) is 3.29. The molecule has 2 unspecified atom stereocenters. The molecule has 122 valence electrons. The minimum Gasteiger partial charge on any atom is -0.503 e. The van der Waals surface area contributed by atoms with Crippen molar-refractivity contribution in [2.24, 2.45) is 5.92 Å². The molecule has 6 heteroatoms. The molecule has 0 bridgehead atoms. The van der Waals surface area contributed by atoms with Crippen LogP contribution >= 0.6 is 0 Å². The van der Waals surface area contributed by atoms with Gasteiger partial charge in [0.25, 0.3) is 0 Å². The lowest BCUT2D eigenvalue weighted by atomic mass is 9.85. The van der Waals surface area contributed by atoms with Crippen LogP contribution < -0.4 is 5.43 Å². The van der Waals surface area contributed by atoms with E-state index in [1.165, 1.54) is 18.7 Å². The quantitative estimate of drug-likeness (QED) is 0.867. The summed E-state index contributed by atoms with van der Waals surface area (Å²) < 4.78 is 1.97. The van der Waals surface area contributed by atoms with Gasteiger partial charge in [0.05, 0.1) is 12.7 Å². The molecule has 0 aliphatic heterocycles. The Morgan fingerprint density at radius 2 is 2.09 bits per heavy atom. The predicted octanol–water partition coefficient (Wildman–Crippen LogP) is 1.82. The van der Waals surface area contributed by atoms with Crippen molar-refractivity contribution in [2.45, 2.75) is 45.2 Å². The Bertz CT molecular complexity index is 596. The van der Waals surface area contributed by atoms with Crippen LogP contribution in [-0.4, -0.2) is 39.2 Å². The van der Waals surface area contributed by atoms with E-state index in [1.807, 2.05) is 4.57 Å². The van der Waals surface area contributed by atoms with Crippen molar-refractivity contribution in [2.75, 3.05) is 13.6 Å². The maximum Gasteiger partial charge on any atom is 0.317 e. The second kappa shape index (κ2) is 6.96. The van der Waals surface area contributed by atoms with Crippen molar-refractivity contribution < 1.29 is 15.0 Å². The van der Waals surface area contributed by atoms with Crippen molar-refractivity contribution in [1.29, 1.82) is 0 Å². The van der Waals surface area contributed by atoms with E-state index in [2.05, 4.69) is 6.92 Å². The second-order valence-electron chi connectivity index (χ2n) is 6.32. The van der Waals surface area contributed by atoms with Crippen LogP contribution in [0.25, 0.3) is 0 Å². The van der Waals surface area contributed by atoms with Crippen molar-refractivity contribution in [3.8, 4) is 5.75 Å². The molecular formula is C16H24N2O4. The van der Waals surface area contributed by atoms with Gasteiger partial charge >= 0.3 is 5.97 Å². The first-order chi connectivity index (χ1) is 10.4. The number of aromatic nitrogens is 1. The third-order valence-electron chi connectivity index (χ3n) is 4.40. The highest BCUT2D eigenvalue weighted by molar-refractivity contribution is 5.69. The predicted molar refractivity (Wildman–Crippen MR) is 83.0 cm³/mol. The zero-order valence-corrected chi connectivity index (χ0v) is 13.2. The van der Waals surface area contributed by atoms with Crippen LogP contribution in [0.1, 0.15) is 44.3 Å². The van der Waals surface area contributed by atoms with Gasteiger partial charge in [0.1, 0.15) is 0 Å². The Labute approximate surface area is 130 Å². The van der Waals surface area contributed by atoms with E-state index in [9.17, 15) is 14.7 Å². The Morgan fingerprint density at radius 3 is 2.73 bits per heavy atom. The maximum absolute atomic E-state index is 11.8. The summed E-state index contributed by atoms with van der Waals surface area (Å²) in [5.41, 5.74) is 0.337. The summed E-state index contributed by atoms with van der Waals surface area (Å²) in [5, 5.41) is 18.7. The van der Waals surface area contributed by atoms with Gasteiger partial charge in [0, 0.05) is 24.3 Å². The number of pyridine rings is 1. The minimum atomic E-state index is -0.902. The third-order valence-corrected chi connectivity index (χ3v) is 4.40. The molecule has 1 fully saturated rings. The van der Waals surface area contributed by atoms with Crippen LogP contribution in [0.4, 0.5) is 0 Å². The molecule has 0 saturated heterocycles. The SMILES string of the molecule is CC1CCCCC1n1cc(O)c(=O)cc1CN(C)CC(=O)O. The van der Waals surface area contributed by atoms with E-state index < -0.39 is 11.4 Å². The molecule has 2 atom stereocenters. The van der Waals surface area contributed by atoms with Gasteiger partial charge in [-0.2, -0.15) is 0 Å². The third kappa shape index (κ3) is 3.88. The fraction of sp³-hybridized carbons (Fsp3) is 0.625. The summed E-state index contributed by atoms with van der Waals surface area (Å²) in [6.07, 6.45) is 5.99. The topological polar surface area (TPSA) is 82.8 Å². The number of nitrogens with zero attached hydrogens (tertiary/aromatic N) is 2. The van der Waals surface area contributed by atoms with E-state index in [0.29, 0.717) is 12.5 Å². The Kier molecular flexibility index (Phi) is 5.24. The number of carboxylic acids is 1. The van der Waals surface area contributed by atoms with E-state index in [-0.39, 0.29) is 18.3 Å². The molecule has 1 heterocycles. The average molecular weight is 308 g/mol. The van der Waals surface area contributed by atoms with E-state index in [1.54, 1.807) is 11.9 Å². The molecule has 0 amide bonds. The van der Waals surface area contributed by atoms with E-state index in [0.717, 1.165) is 25.0 Å². The average Bonchev–Trinajstić information content (AvgIpc) is 2.42. The van der Waals surface area contributed by atoms with Crippen LogP contribution in [0.5, 0.6) is 5.75 Å². The molecule has 1 saturated carbocycles. The van der Waals surface area contributed by atoms with Crippen LogP contribution in [0.3, 0.4) is 0 Å². The first kappa shape index (κ1) is 16.5. The minimum absolute atomic E-state index is 0.0880. The molecule has 0 aromatic carbocycles. The monoisotopic (exact) mass is 308 g/mol. The second-order valence-corrected chi connectivity index (χ2v) is 6.32. The van der Waals surface area contributed by atoms with Gasteiger partial charge in [-0.05, 0) is 25.8 Å². The fourth-order valence-corrected chi connectivity index (χ4v) is 3.29. The molecule has 2 rings (SSSR count). The molecule has 2 N–H and O–H groups in total. The Balaban J connectivity index is 2.32. The number of aromatic hydroxyl groups is 1. The number of likely N-dealkylation sites (N-methyl/N-ethyl adjacent to an activating group) is 1. The number of carbonyl (C=O) groups is 1. The molecule has 1 aliphatic carbocycles. The molecule has 1 aromatic heterocycles. The number of carboxylic acid groups (broad SMARTS) is 1. The lowest BCUT2D eigenvalue weighted by Crippen LogP contribution is -2.30. The summed E-state index contributed by atoms with van der Waals surface area (Å²) in [4.78, 5) is 24.2. The number of hydrogen-bond donors (Lipinski definition) is 2. The largest absolute Gasteiger partial charge is 0.503 e. The lowest BCUT2D eigenvalue weighted by molar-refractivity contribution is -0.138. The van der Waals surface area contributed by atoms with Gasteiger partial charge < -0.3 is 14.8 Å². The normalized spacial score (nSPS) is 22.0. The zero-order valence-electron chi connectivity index (χ0n) is 13.2. The summed E-state index contributed by atoms with van der Waals surface area (Å²) in [7, 11) is 1.71. The van der Waals surface area contributed by atoms with Gasteiger partial charge in [0.2, 0.25) is 5.43 Å². The number of hydrogen-bond acceptors (Lipinski definition) is 4. The van der Waals surface area contributed by atoms with E-state index in [4.69, 9.17) is 5.11 Å². The first-order valence-corrected chi connectivity index (χ1v) is 7.73.